The van der Waals surface area contributed by atoms with E-state index in [1.165, 1.54) is 58.1 Å². The van der Waals surface area contributed by atoms with E-state index in [1.54, 1.807) is 0 Å². The molecule has 0 bridgehead atoms. The van der Waals surface area contributed by atoms with E-state index in [9.17, 15) is 28.8 Å². The molecule has 0 saturated heterocycles. The number of hydrogen-bond acceptors (Lipinski definition) is 12. The highest BCUT2D eigenvalue weighted by Gasteiger charge is 2.26. The van der Waals surface area contributed by atoms with Gasteiger partial charge in [0.2, 0.25) is 0 Å². The van der Waals surface area contributed by atoms with E-state index in [0.717, 1.165) is 62.4 Å². The molecule has 0 fully saturated rings. The van der Waals surface area contributed by atoms with Gasteiger partial charge in [0.25, 0.3) is 33.4 Å². The molecule has 0 spiro atoms. The Morgan fingerprint density at radius 3 is 0.905 bits per heavy atom. The van der Waals surface area contributed by atoms with Gasteiger partial charge in [0.15, 0.2) is 56.5 Å². The summed E-state index contributed by atoms with van der Waals surface area (Å²) in [6.07, 6.45) is 12.8. The predicted molar refractivity (Wildman–Crippen MR) is 240 cm³/mol. The Labute approximate surface area is 356 Å². The Morgan fingerprint density at radius 2 is 0.619 bits per heavy atom. The average molecular weight is 858 g/mol. The second kappa shape index (κ2) is 17.1. The van der Waals surface area contributed by atoms with E-state index >= 15 is 0 Å². The molecule has 15 heteroatoms. The smallest absolute Gasteiger partial charge is 0.264 e. The van der Waals surface area contributed by atoms with Crippen LogP contribution in [0.15, 0.2) is 104 Å². The van der Waals surface area contributed by atoms with E-state index in [-0.39, 0.29) is 108 Å². The van der Waals surface area contributed by atoms with Gasteiger partial charge < -0.3 is 26.5 Å². The highest BCUT2D eigenvalue weighted by molar-refractivity contribution is 6.04. The van der Waals surface area contributed by atoms with Crippen LogP contribution in [0.2, 0.25) is 0 Å². The highest BCUT2D eigenvalue weighted by Crippen LogP contribution is 2.38. The zero-order valence-corrected chi connectivity index (χ0v) is 35.5. The molecular formula is C48H47N3O12. The summed E-state index contributed by atoms with van der Waals surface area (Å²) in [5, 5.41) is 0.562. The number of furan rings is 6. The number of nitrogens with zero attached hydrogens (tertiary/aromatic N) is 3. The lowest BCUT2D eigenvalue weighted by Gasteiger charge is -2.01. The van der Waals surface area contributed by atoms with E-state index in [4.69, 9.17) is 26.5 Å². The monoisotopic (exact) mass is 857 g/mol. The van der Waals surface area contributed by atoms with Crippen molar-refractivity contribution in [2.45, 2.75) is 117 Å². The predicted octanol–water partition coefficient (Wildman–Crippen LogP) is 9.80. The molecule has 9 rings (SSSR count). The first kappa shape index (κ1) is 41.5. The van der Waals surface area contributed by atoms with Gasteiger partial charge in [-0.3, -0.25) is 42.5 Å². The van der Waals surface area contributed by atoms with Crippen LogP contribution in [0.1, 0.15) is 97.8 Å². The zero-order chi connectivity index (χ0) is 43.9. The van der Waals surface area contributed by atoms with Crippen LogP contribution in [0.25, 0.3) is 88.9 Å². The summed E-state index contributed by atoms with van der Waals surface area (Å²) < 4.78 is 40.3. The van der Waals surface area contributed by atoms with Gasteiger partial charge in [0.05, 0.1) is 44.8 Å². The maximum Gasteiger partial charge on any atom is 0.264 e. The van der Waals surface area contributed by atoms with Gasteiger partial charge in [-0.2, -0.15) is 0 Å². The molecule has 0 N–H and O–H groups in total. The minimum absolute atomic E-state index is 0.0145. The molecule has 9 aromatic heterocycles. The summed E-state index contributed by atoms with van der Waals surface area (Å²) in [6, 6.07) is 8.81. The molecule has 0 aromatic carbocycles. The third-order valence-electron chi connectivity index (χ3n) is 11.9. The van der Waals surface area contributed by atoms with Crippen molar-refractivity contribution >= 4 is 65.8 Å². The van der Waals surface area contributed by atoms with Gasteiger partial charge in [0, 0.05) is 43.9 Å². The number of aromatic nitrogens is 3. The summed E-state index contributed by atoms with van der Waals surface area (Å²) >= 11 is 0. The van der Waals surface area contributed by atoms with Crippen molar-refractivity contribution in [2.75, 3.05) is 0 Å². The lowest BCUT2D eigenvalue weighted by atomic mass is 10.2. The van der Waals surface area contributed by atoms with E-state index in [2.05, 4.69) is 20.8 Å². The van der Waals surface area contributed by atoms with Gasteiger partial charge >= 0.3 is 0 Å². The summed E-state index contributed by atoms with van der Waals surface area (Å²) in [6.45, 7) is 6.77. The fraction of sp³-hybridized carbons (Fsp3) is 0.375. The first-order valence-electron chi connectivity index (χ1n) is 22.0. The average Bonchev–Trinajstić information content (AvgIpc) is 4.14. The molecule has 0 radical (unpaired) electrons. The van der Waals surface area contributed by atoms with Crippen molar-refractivity contribution < 1.29 is 26.5 Å². The molecule has 9 heterocycles. The van der Waals surface area contributed by atoms with Crippen molar-refractivity contribution in [3.8, 4) is 23.0 Å². The van der Waals surface area contributed by atoms with Gasteiger partial charge in [-0.15, -0.1) is 0 Å². The van der Waals surface area contributed by atoms with Crippen LogP contribution in [0.4, 0.5) is 0 Å². The molecule has 0 unspecified atom stereocenters. The quantitative estimate of drug-likeness (QED) is 0.0787. The van der Waals surface area contributed by atoms with Crippen molar-refractivity contribution in [2.24, 2.45) is 0 Å². The Hall–Kier alpha value is -6.90. The van der Waals surface area contributed by atoms with E-state index in [0.29, 0.717) is 19.3 Å². The first-order valence-corrected chi connectivity index (χ1v) is 22.0. The van der Waals surface area contributed by atoms with Crippen LogP contribution in [0.3, 0.4) is 0 Å². The SMILES string of the molecule is CCCCCCn1c(=O)c2ccoc2c2oc(-c3cc4c(=O)n(CCCCCC)c(=O)c5cc(-c6cc7c(=O)n(CCCCCC)c(=O)c8ccoc8c7o6)oc5c4o3)cc2c1=O. The zero-order valence-electron chi connectivity index (χ0n) is 35.5. The lowest BCUT2D eigenvalue weighted by molar-refractivity contribution is 0.546. The minimum atomic E-state index is -0.611. The van der Waals surface area contributed by atoms with Crippen LogP contribution < -0.4 is 33.4 Å². The van der Waals surface area contributed by atoms with Gasteiger partial charge in [-0.25, -0.2) is 0 Å². The van der Waals surface area contributed by atoms with E-state index < -0.39 is 33.4 Å². The second-order valence-electron chi connectivity index (χ2n) is 16.2. The van der Waals surface area contributed by atoms with Crippen LogP contribution in [0.5, 0.6) is 0 Å². The maximum absolute atomic E-state index is 14.3. The molecule has 0 aliphatic carbocycles. The minimum Gasteiger partial charge on any atom is -0.460 e. The third kappa shape index (κ3) is 7.18. The molecule has 0 amide bonds. The molecule has 0 aliphatic rings. The normalized spacial score (nSPS) is 12.1. The van der Waals surface area contributed by atoms with Crippen LogP contribution in [-0.4, -0.2) is 13.7 Å². The standard InChI is InChI=1S/C48H47N3O12/c1-4-7-10-13-18-49-43(52)27-16-21-58-37(27)39-29(45(49)54)23-33(60-39)35-25-31-41(62-35)42-32(48(57)51(47(31)56)20-15-12-9-6-3)26-36(63-42)34-24-30-40(61-34)38-28(17-22-59-38)44(53)50(46(30)55)19-14-11-8-5-2/h16-17,21-26H,4-15,18-20H2,1-3H3. The van der Waals surface area contributed by atoms with Crippen molar-refractivity contribution in [1.29, 1.82) is 0 Å². The lowest BCUT2D eigenvalue weighted by Crippen LogP contribution is -2.30. The number of rotatable bonds is 17. The molecular weight excluding hydrogens is 811 g/mol. The van der Waals surface area contributed by atoms with Crippen LogP contribution >= 0.6 is 0 Å². The first-order chi connectivity index (χ1) is 30.6. The summed E-state index contributed by atoms with van der Waals surface area (Å²) in [7, 11) is 0. The van der Waals surface area contributed by atoms with E-state index in [1.807, 2.05) is 0 Å². The van der Waals surface area contributed by atoms with Crippen molar-refractivity contribution in [1.82, 2.24) is 13.7 Å². The topological polar surface area (TPSA) is 196 Å². The Bertz CT molecular complexity index is 3350. The fourth-order valence-electron chi connectivity index (χ4n) is 8.52. The van der Waals surface area contributed by atoms with Gasteiger partial charge in [-0.1, -0.05) is 78.6 Å². The third-order valence-corrected chi connectivity index (χ3v) is 11.9. The Morgan fingerprint density at radius 1 is 0.349 bits per heavy atom. The van der Waals surface area contributed by atoms with Crippen LogP contribution in [-0.2, 0) is 19.6 Å². The number of hydrogen-bond donors (Lipinski definition) is 0. The Kier molecular flexibility index (Phi) is 11.3. The maximum atomic E-state index is 14.3. The molecule has 326 valence electrons. The van der Waals surface area contributed by atoms with Crippen molar-refractivity contribution in [3.05, 3.63) is 111 Å². The molecule has 0 aliphatic heterocycles. The molecule has 0 atom stereocenters. The molecule has 9 aromatic rings. The second-order valence-corrected chi connectivity index (χ2v) is 16.2. The summed E-state index contributed by atoms with van der Waals surface area (Å²) in [5.74, 6) is 0.248. The number of fused-ring (bicyclic) bond motifs is 9. The van der Waals surface area contributed by atoms with Gasteiger partial charge in [-0.05, 0) is 31.4 Å². The summed E-state index contributed by atoms with van der Waals surface area (Å²) in [5.41, 5.74) is -3.15. The van der Waals surface area contributed by atoms with Crippen molar-refractivity contribution in [3.63, 3.8) is 0 Å². The van der Waals surface area contributed by atoms with Crippen LogP contribution in [0, 0.1) is 0 Å². The molecule has 15 nitrogen and oxygen atoms in total. The fourth-order valence-corrected chi connectivity index (χ4v) is 8.52. The van der Waals surface area contributed by atoms with Gasteiger partial charge in [0.1, 0.15) is 0 Å². The summed E-state index contributed by atoms with van der Waals surface area (Å²) in [4.78, 5) is 83.8. The Balaban J connectivity index is 1.24. The number of unbranched alkanes of at least 4 members (excludes halogenated alkanes) is 9. The molecule has 0 saturated carbocycles. The largest absolute Gasteiger partial charge is 0.460 e. The highest BCUT2D eigenvalue weighted by atomic mass is 16.4. The molecule has 63 heavy (non-hydrogen) atoms.